The van der Waals surface area contributed by atoms with Crippen molar-refractivity contribution in [3.8, 4) is 11.3 Å². The quantitative estimate of drug-likeness (QED) is 0.251. The first-order chi connectivity index (χ1) is 19.7. The lowest BCUT2D eigenvalue weighted by molar-refractivity contribution is -0.138. The molecule has 0 spiro atoms. The van der Waals surface area contributed by atoms with Crippen molar-refractivity contribution in [2.45, 2.75) is 38.5 Å². The number of likely N-dealkylation sites (tertiary alicyclic amines) is 1. The highest BCUT2D eigenvalue weighted by atomic mass is 35.5. The summed E-state index contributed by atoms with van der Waals surface area (Å²) < 4.78 is 42.0. The molecule has 1 atom stereocenters. The number of amides is 1. The average molecular weight is 599 g/mol. The topological polar surface area (TPSA) is 122 Å². The first-order valence-electron chi connectivity index (χ1n) is 13.1. The highest BCUT2D eigenvalue weighted by molar-refractivity contribution is 6.04. The molecule has 5 rings (SSSR count). The predicted molar refractivity (Wildman–Crippen MR) is 157 cm³/mol. The van der Waals surface area contributed by atoms with E-state index in [0.29, 0.717) is 36.1 Å². The maximum Gasteiger partial charge on any atom is 0.416 e. The number of anilines is 3. The van der Waals surface area contributed by atoms with Crippen molar-refractivity contribution < 1.29 is 18.0 Å². The minimum atomic E-state index is -4.61. The van der Waals surface area contributed by atoms with Crippen molar-refractivity contribution in [3.63, 3.8) is 0 Å². The molecule has 13 heteroatoms. The van der Waals surface area contributed by atoms with E-state index in [9.17, 15) is 18.0 Å². The second-order valence-corrected chi connectivity index (χ2v) is 10.0. The lowest BCUT2D eigenvalue weighted by Gasteiger charge is -2.31. The lowest BCUT2D eigenvalue weighted by Crippen LogP contribution is -2.42. The Morgan fingerprint density at radius 2 is 1.90 bits per heavy atom. The van der Waals surface area contributed by atoms with Gasteiger partial charge in [0.2, 0.25) is 5.95 Å². The van der Waals surface area contributed by atoms with Crippen molar-refractivity contribution in [1.29, 1.82) is 0 Å². The third-order valence-electron chi connectivity index (χ3n) is 6.87. The number of halogens is 4. The minimum absolute atomic E-state index is 0. The molecule has 0 aliphatic carbocycles. The van der Waals surface area contributed by atoms with E-state index in [-0.39, 0.29) is 36.1 Å². The van der Waals surface area contributed by atoms with Crippen molar-refractivity contribution in [2.24, 2.45) is 5.73 Å². The number of nitrogens with zero attached hydrogens (tertiary/aromatic N) is 5. The Balaban J connectivity index is 0.00000405. The van der Waals surface area contributed by atoms with Gasteiger partial charge in [0.05, 0.1) is 11.3 Å². The standard InChI is InChI=1S/C29H29F3N8O.ClH/c1-18-4-7-23(12-26(18)39-28-36-9-8-25(38-28)21-13-34-17-35-14-21)37-27(41)19-5-6-20(24(11-19)29(30,31)32)15-40-10-2-3-22(33)16-40;/h4-9,11-14,17,22H,2-3,10,15-16,33H2,1H3,(H,37,41)(H,36,38,39);1H. The van der Waals surface area contributed by atoms with E-state index in [1.54, 1.807) is 42.9 Å². The molecule has 9 nitrogen and oxygen atoms in total. The van der Waals surface area contributed by atoms with Crippen molar-refractivity contribution in [1.82, 2.24) is 24.8 Å². The van der Waals surface area contributed by atoms with E-state index in [0.717, 1.165) is 30.0 Å². The maximum atomic E-state index is 14.0. The summed E-state index contributed by atoms with van der Waals surface area (Å²) in [7, 11) is 0. The fourth-order valence-corrected chi connectivity index (χ4v) is 4.76. The zero-order valence-electron chi connectivity index (χ0n) is 22.7. The fourth-order valence-electron chi connectivity index (χ4n) is 4.76. The zero-order chi connectivity index (χ0) is 29.0. The Morgan fingerprint density at radius 1 is 1.12 bits per heavy atom. The van der Waals surface area contributed by atoms with E-state index in [1.807, 2.05) is 11.8 Å². The highest BCUT2D eigenvalue weighted by Crippen LogP contribution is 2.34. The molecular weight excluding hydrogens is 569 g/mol. The van der Waals surface area contributed by atoms with Gasteiger partial charge in [-0.1, -0.05) is 12.1 Å². The molecule has 1 saturated heterocycles. The highest BCUT2D eigenvalue weighted by Gasteiger charge is 2.34. The number of aromatic nitrogens is 4. The number of rotatable bonds is 7. The molecule has 1 aliphatic rings. The van der Waals surface area contributed by atoms with Crippen molar-refractivity contribution in [3.05, 3.63) is 89.6 Å². The number of nitrogens with two attached hydrogens (primary N) is 1. The molecule has 1 unspecified atom stereocenters. The van der Waals surface area contributed by atoms with Gasteiger partial charge in [0.25, 0.3) is 5.91 Å². The Kier molecular flexibility index (Phi) is 9.71. The molecule has 42 heavy (non-hydrogen) atoms. The molecule has 1 amide bonds. The van der Waals surface area contributed by atoms with E-state index in [2.05, 4.69) is 30.6 Å². The molecule has 3 heterocycles. The SMILES string of the molecule is Cc1ccc(NC(=O)c2ccc(CN3CCCC(N)C3)c(C(F)(F)F)c2)cc1Nc1nccc(-c2cncnc2)n1.Cl. The molecular formula is C29H30ClF3N8O. The van der Waals surface area contributed by atoms with Gasteiger partial charge >= 0.3 is 6.18 Å². The number of carbonyl (C=O) groups is 1. The van der Waals surface area contributed by atoms with Crippen LogP contribution >= 0.6 is 12.4 Å². The molecule has 0 bridgehead atoms. The summed E-state index contributed by atoms with van der Waals surface area (Å²) in [5, 5.41) is 5.84. The summed E-state index contributed by atoms with van der Waals surface area (Å²) in [6, 6.07) is 10.5. The maximum absolute atomic E-state index is 14.0. The van der Waals surface area contributed by atoms with Crippen LogP contribution in [0.25, 0.3) is 11.3 Å². The number of hydrogen-bond acceptors (Lipinski definition) is 8. The van der Waals surface area contributed by atoms with Crippen molar-refractivity contribution in [2.75, 3.05) is 23.7 Å². The Bertz CT molecular complexity index is 1540. The number of alkyl halides is 3. The van der Waals surface area contributed by atoms with E-state index >= 15 is 0 Å². The number of benzene rings is 2. The molecule has 1 aliphatic heterocycles. The number of piperidine rings is 1. The lowest BCUT2D eigenvalue weighted by atomic mass is 10.0. The molecule has 220 valence electrons. The largest absolute Gasteiger partial charge is 0.416 e. The number of nitrogens with one attached hydrogen (secondary N) is 2. The van der Waals surface area contributed by atoms with Crippen LogP contribution in [0.15, 0.2) is 67.4 Å². The number of carbonyl (C=O) groups excluding carboxylic acids is 1. The van der Waals surface area contributed by atoms with Gasteiger partial charge in [-0.25, -0.2) is 19.9 Å². The average Bonchev–Trinajstić information content (AvgIpc) is 2.95. The predicted octanol–water partition coefficient (Wildman–Crippen LogP) is 5.60. The summed E-state index contributed by atoms with van der Waals surface area (Å²) in [5.74, 6) is -0.336. The molecule has 4 N–H and O–H groups in total. The van der Waals surface area contributed by atoms with Crippen LogP contribution in [0.1, 0.15) is 39.9 Å². The molecule has 0 radical (unpaired) electrons. The van der Waals surface area contributed by atoms with Gasteiger partial charge in [0.15, 0.2) is 0 Å². The smallest absolute Gasteiger partial charge is 0.327 e. The van der Waals surface area contributed by atoms with Crippen LogP contribution in [0.5, 0.6) is 0 Å². The van der Waals surface area contributed by atoms with E-state index in [4.69, 9.17) is 5.73 Å². The van der Waals surface area contributed by atoms with Gasteiger partial charge in [-0.15, -0.1) is 12.4 Å². The summed E-state index contributed by atoms with van der Waals surface area (Å²) >= 11 is 0. The molecule has 1 fully saturated rings. The van der Waals surface area contributed by atoms with E-state index < -0.39 is 17.6 Å². The normalized spacial score (nSPS) is 15.5. The third kappa shape index (κ3) is 7.58. The third-order valence-corrected chi connectivity index (χ3v) is 6.87. The van der Waals surface area contributed by atoms with Crippen LogP contribution in [0.2, 0.25) is 0 Å². The molecule has 4 aromatic rings. The molecule has 0 saturated carbocycles. The van der Waals surface area contributed by atoms with Gasteiger partial charge in [-0.3, -0.25) is 9.69 Å². The zero-order valence-corrected chi connectivity index (χ0v) is 23.5. The van der Waals surface area contributed by atoms with Gasteiger partial charge in [-0.2, -0.15) is 13.2 Å². The van der Waals surface area contributed by atoms with Crippen LogP contribution in [0, 0.1) is 6.92 Å². The van der Waals surface area contributed by atoms with Crippen LogP contribution < -0.4 is 16.4 Å². The van der Waals surface area contributed by atoms with Crippen LogP contribution in [-0.4, -0.2) is 49.9 Å². The first kappa shape index (κ1) is 30.8. The van der Waals surface area contributed by atoms with Crippen molar-refractivity contribution >= 4 is 35.6 Å². The van der Waals surface area contributed by atoms with Gasteiger partial charge in [0.1, 0.15) is 6.33 Å². The summed E-state index contributed by atoms with van der Waals surface area (Å²) in [6.07, 6.45) is 3.40. The van der Waals surface area contributed by atoms with Gasteiger partial charge < -0.3 is 16.4 Å². The molecule has 2 aromatic heterocycles. The Morgan fingerprint density at radius 3 is 2.64 bits per heavy atom. The minimum Gasteiger partial charge on any atom is -0.327 e. The van der Waals surface area contributed by atoms with Crippen LogP contribution in [0.4, 0.5) is 30.5 Å². The Hall–Kier alpha value is -4.13. The molecule has 2 aromatic carbocycles. The van der Waals surface area contributed by atoms with E-state index in [1.165, 1.54) is 18.5 Å². The second-order valence-electron chi connectivity index (χ2n) is 10.0. The monoisotopic (exact) mass is 598 g/mol. The Labute approximate surface area is 247 Å². The van der Waals surface area contributed by atoms with Gasteiger partial charge in [-0.05, 0) is 67.8 Å². The summed E-state index contributed by atoms with van der Waals surface area (Å²) in [6.45, 7) is 3.22. The van der Waals surface area contributed by atoms with Gasteiger partial charge in [0, 0.05) is 60.2 Å². The fraction of sp³-hybridized carbons (Fsp3) is 0.276. The van der Waals surface area contributed by atoms with Crippen LogP contribution in [-0.2, 0) is 12.7 Å². The number of hydrogen-bond donors (Lipinski definition) is 3. The van der Waals surface area contributed by atoms with Crippen LogP contribution in [0.3, 0.4) is 0 Å². The first-order valence-corrected chi connectivity index (χ1v) is 13.1. The summed E-state index contributed by atoms with van der Waals surface area (Å²) in [4.78, 5) is 31.7. The summed E-state index contributed by atoms with van der Waals surface area (Å²) in [5.41, 5.74) is 8.42. The number of aryl methyl sites for hydroxylation is 1. The second kappa shape index (κ2) is 13.2.